The summed E-state index contributed by atoms with van der Waals surface area (Å²) in [4.78, 5) is 0. The second-order valence-corrected chi connectivity index (χ2v) is 4.88. The molecule has 1 atom stereocenters. The molecule has 106 valence electrons. The number of anilines is 1. The Hall–Kier alpha value is -1.90. The summed E-state index contributed by atoms with van der Waals surface area (Å²) in [5, 5.41) is 3.29. The maximum absolute atomic E-state index is 13.3. The first-order valence-corrected chi connectivity index (χ1v) is 6.97. The standard InChI is InChI=1S/C17H19F2N/c1-2-3-9-17(13-7-5-4-6-8-13)20-14-10-11-15(18)16(19)12-14/h4-8,10-12,17,20H,2-3,9H2,1H3. The summed E-state index contributed by atoms with van der Waals surface area (Å²) in [6.45, 7) is 2.14. The Kier molecular flexibility index (Phi) is 5.10. The summed E-state index contributed by atoms with van der Waals surface area (Å²) in [5.74, 6) is -1.64. The van der Waals surface area contributed by atoms with E-state index in [2.05, 4.69) is 12.2 Å². The van der Waals surface area contributed by atoms with Crippen LogP contribution in [0.15, 0.2) is 48.5 Å². The van der Waals surface area contributed by atoms with Crippen LogP contribution in [0.4, 0.5) is 14.5 Å². The van der Waals surface area contributed by atoms with Gasteiger partial charge in [0, 0.05) is 11.8 Å². The van der Waals surface area contributed by atoms with Crippen molar-refractivity contribution in [1.82, 2.24) is 0 Å². The zero-order valence-corrected chi connectivity index (χ0v) is 11.6. The molecule has 0 aliphatic carbocycles. The lowest BCUT2D eigenvalue weighted by Crippen LogP contribution is -2.11. The van der Waals surface area contributed by atoms with E-state index < -0.39 is 11.6 Å². The van der Waals surface area contributed by atoms with E-state index in [-0.39, 0.29) is 6.04 Å². The quantitative estimate of drug-likeness (QED) is 0.753. The Bertz CT molecular complexity index is 540. The van der Waals surface area contributed by atoms with Gasteiger partial charge in [-0.2, -0.15) is 0 Å². The highest BCUT2D eigenvalue weighted by atomic mass is 19.2. The normalized spacial score (nSPS) is 12.2. The van der Waals surface area contributed by atoms with Crippen LogP contribution >= 0.6 is 0 Å². The summed E-state index contributed by atoms with van der Waals surface area (Å²) in [7, 11) is 0. The van der Waals surface area contributed by atoms with E-state index in [1.165, 1.54) is 6.07 Å². The molecule has 0 aliphatic heterocycles. The van der Waals surface area contributed by atoms with E-state index in [0.717, 1.165) is 30.9 Å². The fraction of sp³-hybridized carbons (Fsp3) is 0.294. The molecule has 3 heteroatoms. The van der Waals surface area contributed by atoms with Gasteiger partial charge in [-0.3, -0.25) is 0 Å². The molecule has 1 unspecified atom stereocenters. The first-order valence-electron chi connectivity index (χ1n) is 6.97. The van der Waals surface area contributed by atoms with Crippen LogP contribution in [0, 0.1) is 11.6 Å². The Morgan fingerprint density at radius 2 is 1.75 bits per heavy atom. The van der Waals surface area contributed by atoms with Gasteiger partial charge < -0.3 is 5.32 Å². The summed E-state index contributed by atoms with van der Waals surface area (Å²) in [6.07, 6.45) is 3.14. The maximum Gasteiger partial charge on any atom is 0.160 e. The molecule has 0 radical (unpaired) electrons. The van der Waals surface area contributed by atoms with E-state index in [1.807, 2.05) is 30.3 Å². The van der Waals surface area contributed by atoms with Crippen molar-refractivity contribution < 1.29 is 8.78 Å². The minimum Gasteiger partial charge on any atom is -0.378 e. The topological polar surface area (TPSA) is 12.0 Å². The van der Waals surface area contributed by atoms with Crippen LogP contribution < -0.4 is 5.32 Å². The second-order valence-electron chi connectivity index (χ2n) is 4.88. The number of unbranched alkanes of at least 4 members (excludes halogenated alkanes) is 1. The fourth-order valence-corrected chi connectivity index (χ4v) is 2.20. The highest BCUT2D eigenvalue weighted by molar-refractivity contribution is 5.46. The third kappa shape index (κ3) is 3.80. The van der Waals surface area contributed by atoms with E-state index >= 15 is 0 Å². The average molecular weight is 275 g/mol. The predicted octanol–water partition coefficient (Wildman–Crippen LogP) is 5.31. The van der Waals surface area contributed by atoms with Gasteiger partial charge in [-0.1, -0.05) is 50.1 Å². The van der Waals surface area contributed by atoms with Crippen LogP contribution in [-0.4, -0.2) is 0 Å². The summed E-state index contributed by atoms with van der Waals surface area (Å²) in [6, 6.07) is 14.1. The second kappa shape index (κ2) is 7.04. The number of hydrogen-bond donors (Lipinski definition) is 1. The number of benzene rings is 2. The Balaban J connectivity index is 2.17. The number of hydrogen-bond acceptors (Lipinski definition) is 1. The largest absolute Gasteiger partial charge is 0.378 e. The van der Waals surface area contributed by atoms with Gasteiger partial charge in [-0.05, 0) is 24.1 Å². The minimum absolute atomic E-state index is 0.112. The van der Waals surface area contributed by atoms with Gasteiger partial charge in [-0.25, -0.2) is 8.78 Å². The molecular weight excluding hydrogens is 256 g/mol. The van der Waals surface area contributed by atoms with Gasteiger partial charge in [-0.15, -0.1) is 0 Å². The first-order chi connectivity index (χ1) is 9.70. The van der Waals surface area contributed by atoms with Gasteiger partial charge >= 0.3 is 0 Å². The summed E-state index contributed by atoms with van der Waals surface area (Å²) < 4.78 is 26.2. The molecule has 20 heavy (non-hydrogen) atoms. The van der Waals surface area contributed by atoms with Crippen molar-refractivity contribution in [3.8, 4) is 0 Å². The Morgan fingerprint density at radius 1 is 1.00 bits per heavy atom. The number of rotatable bonds is 6. The fourth-order valence-electron chi connectivity index (χ4n) is 2.20. The third-order valence-corrected chi connectivity index (χ3v) is 3.31. The van der Waals surface area contributed by atoms with E-state index in [1.54, 1.807) is 6.07 Å². The van der Waals surface area contributed by atoms with Gasteiger partial charge in [0.15, 0.2) is 11.6 Å². The van der Waals surface area contributed by atoms with Crippen LogP contribution in [0.2, 0.25) is 0 Å². The molecule has 0 aliphatic rings. The summed E-state index contributed by atoms with van der Waals surface area (Å²) >= 11 is 0. The van der Waals surface area contributed by atoms with E-state index in [0.29, 0.717) is 5.69 Å². The van der Waals surface area contributed by atoms with E-state index in [4.69, 9.17) is 0 Å². The van der Waals surface area contributed by atoms with Crippen molar-refractivity contribution in [2.75, 3.05) is 5.32 Å². The smallest absolute Gasteiger partial charge is 0.160 e. The molecule has 1 N–H and O–H groups in total. The van der Waals surface area contributed by atoms with Crippen LogP contribution in [-0.2, 0) is 0 Å². The Labute approximate surface area is 118 Å². The molecule has 0 bridgehead atoms. The zero-order chi connectivity index (χ0) is 14.4. The Morgan fingerprint density at radius 3 is 2.40 bits per heavy atom. The monoisotopic (exact) mass is 275 g/mol. The van der Waals surface area contributed by atoms with Gasteiger partial charge in [0.05, 0.1) is 6.04 Å². The highest BCUT2D eigenvalue weighted by Crippen LogP contribution is 2.25. The molecule has 0 heterocycles. The van der Waals surface area contributed by atoms with Crippen LogP contribution in [0.3, 0.4) is 0 Å². The average Bonchev–Trinajstić information content (AvgIpc) is 2.48. The molecule has 0 saturated heterocycles. The van der Waals surface area contributed by atoms with Gasteiger partial charge in [0.25, 0.3) is 0 Å². The van der Waals surface area contributed by atoms with Crippen LogP contribution in [0.1, 0.15) is 37.8 Å². The first kappa shape index (κ1) is 14.5. The molecule has 2 aromatic carbocycles. The van der Waals surface area contributed by atoms with Crippen molar-refractivity contribution in [1.29, 1.82) is 0 Å². The van der Waals surface area contributed by atoms with Crippen molar-refractivity contribution >= 4 is 5.69 Å². The molecule has 0 amide bonds. The molecule has 2 aromatic rings. The third-order valence-electron chi connectivity index (χ3n) is 3.31. The number of halogens is 2. The van der Waals surface area contributed by atoms with Crippen LogP contribution in [0.25, 0.3) is 0 Å². The lowest BCUT2D eigenvalue weighted by atomic mass is 10.0. The van der Waals surface area contributed by atoms with Crippen molar-refractivity contribution in [3.63, 3.8) is 0 Å². The molecule has 2 rings (SSSR count). The summed E-state index contributed by atoms with van der Waals surface area (Å²) in [5.41, 5.74) is 1.76. The molecule has 1 nitrogen and oxygen atoms in total. The highest BCUT2D eigenvalue weighted by Gasteiger charge is 2.11. The van der Waals surface area contributed by atoms with Crippen molar-refractivity contribution in [2.24, 2.45) is 0 Å². The maximum atomic E-state index is 13.3. The molecule has 0 saturated carbocycles. The number of nitrogens with one attached hydrogen (secondary N) is 1. The zero-order valence-electron chi connectivity index (χ0n) is 11.6. The predicted molar refractivity (Wildman–Crippen MR) is 78.7 cm³/mol. The van der Waals surface area contributed by atoms with Crippen molar-refractivity contribution in [3.05, 3.63) is 65.7 Å². The lowest BCUT2D eigenvalue weighted by molar-refractivity contribution is 0.508. The molecule has 0 fully saturated rings. The van der Waals surface area contributed by atoms with Crippen molar-refractivity contribution in [2.45, 2.75) is 32.2 Å². The van der Waals surface area contributed by atoms with Crippen LogP contribution in [0.5, 0.6) is 0 Å². The lowest BCUT2D eigenvalue weighted by Gasteiger charge is -2.20. The SMILES string of the molecule is CCCCC(Nc1ccc(F)c(F)c1)c1ccccc1. The molecule has 0 aromatic heterocycles. The van der Waals surface area contributed by atoms with E-state index in [9.17, 15) is 8.78 Å². The van der Waals surface area contributed by atoms with Gasteiger partial charge in [0.2, 0.25) is 0 Å². The molecule has 0 spiro atoms. The van der Waals surface area contributed by atoms with Gasteiger partial charge in [0.1, 0.15) is 0 Å². The minimum atomic E-state index is -0.822. The molecular formula is C17H19F2N.